The van der Waals surface area contributed by atoms with Crippen molar-refractivity contribution in [1.82, 2.24) is 9.80 Å². The van der Waals surface area contributed by atoms with E-state index in [1.54, 1.807) is 0 Å². The number of nitrogens with zero attached hydrogens (tertiary/aromatic N) is 3. The van der Waals surface area contributed by atoms with Gasteiger partial charge >= 0.3 is 18.9 Å². The van der Waals surface area contributed by atoms with Crippen LogP contribution in [0.5, 0.6) is 0 Å². The molecule has 0 radical (unpaired) electrons. The van der Waals surface area contributed by atoms with Gasteiger partial charge in [-0.2, -0.15) is 0 Å². The van der Waals surface area contributed by atoms with Gasteiger partial charge in [0.2, 0.25) is 0 Å². The molecule has 0 amide bonds. The molecular weight excluding hydrogens is 280 g/mol. The van der Waals surface area contributed by atoms with Gasteiger partial charge in [0.15, 0.2) is 0 Å². The maximum Gasteiger partial charge on any atom is 1.00 e. The van der Waals surface area contributed by atoms with Crippen molar-refractivity contribution in [2.24, 2.45) is 0 Å². The van der Waals surface area contributed by atoms with Crippen LogP contribution < -0.4 is 18.9 Å². The average molecular weight is 312 g/mol. The van der Waals surface area contributed by atoms with E-state index in [-0.39, 0.29) is 24.4 Å². The van der Waals surface area contributed by atoms with Crippen molar-refractivity contribution in [1.29, 1.82) is 0 Å². The molecule has 124 valence electrons. The van der Waals surface area contributed by atoms with Crippen LogP contribution in [0.25, 0.3) is 5.32 Å². The van der Waals surface area contributed by atoms with E-state index in [4.69, 9.17) is 5.32 Å². The summed E-state index contributed by atoms with van der Waals surface area (Å²) in [6.45, 7) is 8.92. The third kappa shape index (κ3) is 6.61. The van der Waals surface area contributed by atoms with Gasteiger partial charge in [-0.05, 0) is 66.0 Å². The molecule has 1 heterocycles. The fourth-order valence-corrected chi connectivity index (χ4v) is 2.81. The van der Waals surface area contributed by atoms with Crippen molar-refractivity contribution in [2.75, 3.05) is 40.3 Å². The van der Waals surface area contributed by atoms with Crippen molar-refractivity contribution in [3.05, 3.63) is 41.2 Å². The minimum absolute atomic E-state index is 0. The summed E-state index contributed by atoms with van der Waals surface area (Å²) < 4.78 is 0. The number of rotatable bonds is 7. The molecule has 0 spiro atoms. The van der Waals surface area contributed by atoms with Gasteiger partial charge in [0.25, 0.3) is 0 Å². The third-order valence-electron chi connectivity index (χ3n) is 4.97. The summed E-state index contributed by atoms with van der Waals surface area (Å²) in [5.74, 6) is 0. The molecule has 1 aromatic rings. The number of benzene rings is 1. The van der Waals surface area contributed by atoms with Crippen molar-refractivity contribution in [2.45, 2.75) is 44.7 Å². The molecule has 0 aromatic heterocycles. The van der Waals surface area contributed by atoms with Crippen LogP contribution in [0.4, 0.5) is 0 Å². The predicted molar refractivity (Wildman–Crippen MR) is 95.5 cm³/mol. The fourth-order valence-electron chi connectivity index (χ4n) is 2.81. The first-order chi connectivity index (χ1) is 10.5. The Morgan fingerprint density at radius 2 is 1.70 bits per heavy atom. The van der Waals surface area contributed by atoms with Crippen molar-refractivity contribution in [3.63, 3.8) is 0 Å². The van der Waals surface area contributed by atoms with E-state index in [1.165, 1.54) is 37.9 Å². The summed E-state index contributed by atoms with van der Waals surface area (Å²) in [6.07, 6.45) is 4.06. The zero-order valence-corrected chi connectivity index (χ0v) is 15.8. The van der Waals surface area contributed by atoms with Gasteiger partial charge in [-0.25, -0.2) is 0 Å². The summed E-state index contributed by atoms with van der Waals surface area (Å²) in [7, 11) is 4.27. The Hall–Kier alpha value is -0.303. The van der Waals surface area contributed by atoms with E-state index in [1.807, 2.05) is 0 Å². The maximum absolute atomic E-state index is 5.10. The minimum Gasteiger partial charge on any atom is -0.653 e. The minimum atomic E-state index is 0. The van der Waals surface area contributed by atoms with Gasteiger partial charge in [-0.3, -0.25) is 0 Å². The molecule has 0 bridgehead atoms. The first-order valence-corrected chi connectivity index (χ1v) is 8.60. The Morgan fingerprint density at radius 1 is 1.09 bits per heavy atom. The van der Waals surface area contributed by atoms with E-state index in [2.05, 4.69) is 68.1 Å². The van der Waals surface area contributed by atoms with E-state index in [0.717, 1.165) is 13.1 Å². The van der Waals surface area contributed by atoms with Crippen molar-refractivity contribution in [3.8, 4) is 0 Å². The molecule has 1 atom stereocenters. The second kappa shape index (κ2) is 9.86. The van der Waals surface area contributed by atoms with E-state index in [9.17, 15) is 0 Å². The first kappa shape index (κ1) is 20.7. The Kier molecular flexibility index (Phi) is 8.90. The summed E-state index contributed by atoms with van der Waals surface area (Å²) in [6, 6.07) is 11.1. The normalized spacial score (nSPS) is 17.8. The van der Waals surface area contributed by atoms with Crippen LogP contribution >= 0.6 is 0 Å². The van der Waals surface area contributed by atoms with E-state index < -0.39 is 0 Å². The molecule has 0 N–H and O–H groups in total. The quantitative estimate of drug-likeness (QED) is 0.552. The molecule has 0 unspecified atom stereocenters. The monoisotopic (exact) mass is 312 g/mol. The predicted octanol–water partition coefficient (Wildman–Crippen LogP) is 0.932. The largest absolute Gasteiger partial charge is 1.00 e. The molecule has 0 saturated carbocycles. The van der Waals surface area contributed by atoms with Gasteiger partial charge < -0.3 is 15.1 Å². The Morgan fingerprint density at radius 3 is 2.26 bits per heavy atom. The van der Waals surface area contributed by atoms with Crippen LogP contribution in [0.15, 0.2) is 30.3 Å². The fraction of sp³-hybridized carbons (Fsp3) is 0.684. The van der Waals surface area contributed by atoms with Gasteiger partial charge in [0.05, 0.1) is 0 Å². The van der Waals surface area contributed by atoms with Crippen molar-refractivity contribution >= 4 is 0 Å². The standard InChI is InChI=1S/C19H32N3.Li/c1-19(2,21(3)4)16-20-18(17-11-7-5-8-12-17)15-22-13-9-6-10-14-22;/h5,7-8,11-12,18H,6,9-10,13-16H2,1-4H3;/q-1;+1/t18-;/m0./s1/i20+1,21+1,22+1;. The summed E-state index contributed by atoms with van der Waals surface area (Å²) >= 11 is 0. The second-order valence-electron chi connectivity index (χ2n) is 7.34. The maximum atomic E-state index is 5.10. The molecule has 1 aromatic carbocycles. The van der Waals surface area contributed by atoms with Gasteiger partial charge in [0, 0.05) is 0 Å². The zero-order valence-electron chi connectivity index (χ0n) is 15.8. The molecule has 1 saturated heterocycles. The average Bonchev–Trinajstić information content (AvgIpc) is 2.53. The molecule has 3 nitrogen and oxygen atoms in total. The van der Waals surface area contributed by atoms with Crippen LogP contribution in [-0.4, -0.2) is 55.6 Å². The van der Waals surface area contributed by atoms with Crippen molar-refractivity contribution < 1.29 is 18.9 Å². The number of hydrogen-bond donors (Lipinski definition) is 0. The molecule has 0 aliphatic carbocycles. The smallest absolute Gasteiger partial charge is 0.653 e. The molecule has 1 fully saturated rings. The summed E-state index contributed by atoms with van der Waals surface area (Å²) in [4.78, 5) is 4.85. The first-order valence-electron chi connectivity index (χ1n) is 8.60. The van der Waals surface area contributed by atoms with Crippen LogP contribution in [0, 0.1) is 0 Å². The number of piperidine rings is 1. The number of hydrogen-bond acceptors (Lipinski definition) is 2. The topological polar surface area (TPSA) is 20.6 Å². The SMILES string of the molecule is C[15N](C)C(C)(C)C[15N-][C@@H](C[15N]1CCCCC1)c1ccccc1.[Li+]. The molecule has 4 heteroatoms. The van der Waals surface area contributed by atoms with Gasteiger partial charge in [-0.1, -0.05) is 48.4 Å². The van der Waals surface area contributed by atoms with Crippen LogP contribution in [-0.2, 0) is 0 Å². The molecular formula is C19H32LiN3. The molecule has 1 aliphatic heterocycles. The second-order valence-corrected chi connectivity index (χ2v) is 7.34. The summed E-state index contributed by atoms with van der Waals surface area (Å²) in [5, 5.41) is 5.10. The Bertz CT molecular complexity index is 428. The van der Waals surface area contributed by atoms with Crippen LogP contribution in [0.2, 0.25) is 0 Å². The molecule has 2 rings (SSSR count). The summed E-state index contributed by atoms with van der Waals surface area (Å²) in [5.41, 5.74) is 1.46. The third-order valence-corrected chi connectivity index (χ3v) is 4.97. The van der Waals surface area contributed by atoms with E-state index >= 15 is 0 Å². The van der Waals surface area contributed by atoms with Gasteiger partial charge in [0.1, 0.15) is 0 Å². The molecule has 1 aliphatic rings. The van der Waals surface area contributed by atoms with E-state index in [0.29, 0.717) is 6.04 Å². The number of likely N-dealkylation sites (tertiary alicyclic amines) is 1. The zero-order chi connectivity index (χ0) is 16.0. The van der Waals surface area contributed by atoms with Crippen LogP contribution in [0.1, 0.15) is 44.7 Å². The number of likely N-dealkylation sites (N-methyl/N-ethyl adjacent to an activating group) is 1. The Balaban J connectivity index is 0.00000264. The van der Waals surface area contributed by atoms with Gasteiger partial charge in [-0.15, -0.1) is 6.54 Å². The molecule has 23 heavy (non-hydrogen) atoms. The van der Waals surface area contributed by atoms with Crippen LogP contribution in [0.3, 0.4) is 0 Å². The Labute approximate surface area is 155 Å².